The van der Waals surface area contributed by atoms with E-state index in [-0.39, 0.29) is 17.5 Å². The molecule has 0 radical (unpaired) electrons. The number of carbonyl (C=O) groups is 3. The minimum absolute atomic E-state index is 0.229. The van der Waals surface area contributed by atoms with Gasteiger partial charge in [0.15, 0.2) is 11.6 Å². The van der Waals surface area contributed by atoms with Gasteiger partial charge in [0.05, 0.1) is 19.1 Å². The molecule has 6 nitrogen and oxygen atoms in total. The van der Waals surface area contributed by atoms with E-state index in [0.717, 1.165) is 11.3 Å². The van der Waals surface area contributed by atoms with E-state index in [4.69, 9.17) is 16.3 Å². The van der Waals surface area contributed by atoms with E-state index in [1.54, 1.807) is 61.7 Å². The smallest absolute Gasteiger partial charge is 0.238 e. The molecule has 1 spiro atoms. The Balaban J connectivity index is 1.52. The van der Waals surface area contributed by atoms with Crippen LogP contribution in [0.2, 0.25) is 5.02 Å². The van der Waals surface area contributed by atoms with Gasteiger partial charge in [-0.05, 0) is 59.7 Å². The average molecular weight is 561 g/mol. The molecule has 0 bridgehead atoms. The lowest BCUT2D eigenvalue weighted by atomic mass is 9.64. The summed E-state index contributed by atoms with van der Waals surface area (Å²) in [6, 6.07) is 27.1. The molecule has 7 heteroatoms. The number of hydrogen-bond donors (Lipinski definition) is 1. The molecule has 1 N–H and O–H groups in total. The summed E-state index contributed by atoms with van der Waals surface area (Å²) in [5, 5.41) is 3.60. The number of ketones is 2. The molecule has 0 aliphatic carbocycles. The van der Waals surface area contributed by atoms with Crippen LogP contribution >= 0.6 is 11.6 Å². The normalized spacial score (nSPS) is 23.5. The zero-order valence-electron chi connectivity index (χ0n) is 22.1. The van der Waals surface area contributed by atoms with Gasteiger partial charge in [-0.2, -0.15) is 0 Å². The molecule has 41 heavy (non-hydrogen) atoms. The van der Waals surface area contributed by atoms with Crippen LogP contribution < -0.4 is 15.0 Å². The Hall–Kier alpha value is -4.68. The summed E-state index contributed by atoms with van der Waals surface area (Å²) in [5.74, 6) is -1.25. The highest BCUT2D eigenvalue weighted by Crippen LogP contribution is 2.58. The lowest BCUT2D eigenvalue weighted by Crippen LogP contribution is -2.51. The predicted molar refractivity (Wildman–Crippen MR) is 159 cm³/mol. The van der Waals surface area contributed by atoms with Crippen molar-refractivity contribution < 1.29 is 19.1 Å². The van der Waals surface area contributed by atoms with Crippen molar-refractivity contribution in [2.75, 3.05) is 17.3 Å². The fourth-order valence-electron chi connectivity index (χ4n) is 6.86. The molecule has 202 valence electrons. The van der Waals surface area contributed by atoms with Gasteiger partial charge in [0.1, 0.15) is 17.2 Å². The third kappa shape index (κ3) is 3.60. The highest BCUT2D eigenvalue weighted by Gasteiger charge is 2.70. The van der Waals surface area contributed by atoms with Crippen LogP contribution in [0.25, 0.3) is 6.08 Å². The van der Waals surface area contributed by atoms with E-state index in [9.17, 15) is 14.4 Å². The number of benzene rings is 4. The van der Waals surface area contributed by atoms with Crippen LogP contribution in [0.15, 0.2) is 103 Å². The second-order valence-corrected chi connectivity index (χ2v) is 11.0. The minimum atomic E-state index is -1.36. The molecule has 7 rings (SSSR count). The third-order valence-corrected chi connectivity index (χ3v) is 8.81. The maximum absolute atomic E-state index is 14.8. The first-order valence-electron chi connectivity index (χ1n) is 13.4. The molecule has 3 aliphatic heterocycles. The van der Waals surface area contributed by atoms with Crippen molar-refractivity contribution in [2.45, 2.75) is 17.5 Å². The van der Waals surface area contributed by atoms with Gasteiger partial charge >= 0.3 is 0 Å². The highest BCUT2D eigenvalue weighted by atomic mass is 35.5. The van der Waals surface area contributed by atoms with Crippen molar-refractivity contribution in [3.05, 3.63) is 130 Å². The molecule has 0 saturated carbocycles. The molecule has 4 aromatic carbocycles. The number of fused-ring (bicyclic) bond motifs is 6. The molecular formula is C34H25ClN2O4. The van der Waals surface area contributed by atoms with Crippen molar-refractivity contribution >= 4 is 46.5 Å². The molecule has 0 unspecified atom stereocenters. The van der Waals surface area contributed by atoms with E-state index in [1.807, 2.05) is 59.5 Å². The van der Waals surface area contributed by atoms with Crippen LogP contribution in [-0.4, -0.2) is 36.7 Å². The molecular weight excluding hydrogens is 536 g/mol. The first-order chi connectivity index (χ1) is 19.9. The van der Waals surface area contributed by atoms with Crippen molar-refractivity contribution in [1.82, 2.24) is 0 Å². The number of para-hydroxylation sites is 1. The lowest BCUT2D eigenvalue weighted by Gasteiger charge is -2.37. The Morgan fingerprint density at radius 3 is 2.34 bits per heavy atom. The topological polar surface area (TPSA) is 75.7 Å². The molecule has 3 heterocycles. The van der Waals surface area contributed by atoms with Crippen molar-refractivity contribution in [1.29, 1.82) is 0 Å². The fraction of sp³-hybridized carbons (Fsp3) is 0.147. The zero-order valence-corrected chi connectivity index (χ0v) is 22.8. The number of nitrogens with zero attached hydrogens (tertiary/aromatic N) is 1. The van der Waals surface area contributed by atoms with Gasteiger partial charge in [0, 0.05) is 27.5 Å². The van der Waals surface area contributed by atoms with Gasteiger partial charge in [-0.25, -0.2) is 0 Å². The van der Waals surface area contributed by atoms with Crippen molar-refractivity contribution in [3.63, 3.8) is 0 Å². The van der Waals surface area contributed by atoms with Crippen LogP contribution in [0.4, 0.5) is 11.4 Å². The maximum Gasteiger partial charge on any atom is 0.238 e. The number of nitrogens with one attached hydrogen (secondary N) is 1. The number of Topliss-reactive ketones (excluding diaryl/α,β-unsaturated/α-hetero) is 2. The second-order valence-electron chi connectivity index (χ2n) is 10.5. The molecule has 1 saturated heterocycles. The molecule has 1 fully saturated rings. The van der Waals surface area contributed by atoms with E-state index in [0.29, 0.717) is 33.1 Å². The number of halogens is 1. The first-order valence-corrected chi connectivity index (χ1v) is 13.8. The van der Waals surface area contributed by atoms with E-state index in [1.165, 1.54) is 0 Å². The Kier molecular flexibility index (Phi) is 5.84. The van der Waals surface area contributed by atoms with E-state index < -0.39 is 23.4 Å². The summed E-state index contributed by atoms with van der Waals surface area (Å²) < 4.78 is 5.32. The number of hydrogen-bond acceptors (Lipinski definition) is 5. The summed E-state index contributed by atoms with van der Waals surface area (Å²) in [5.41, 5.74) is 2.43. The predicted octanol–water partition coefficient (Wildman–Crippen LogP) is 6.20. The Morgan fingerprint density at radius 2 is 1.59 bits per heavy atom. The van der Waals surface area contributed by atoms with Gasteiger partial charge in [0.2, 0.25) is 5.91 Å². The zero-order chi connectivity index (χ0) is 28.3. The molecule has 4 aromatic rings. The van der Waals surface area contributed by atoms with E-state index in [2.05, 4.69) is 5.32 Å². The summed E-state index contributed by atoms with van der Waals surface area (Å²) in [6.45, 7) is 0. The number of methoxy groups -OCH3 is 1. The Morgan fingerprint density at radius 1 is 0.878 bits per heavy atom. The monoisotopic (exact) mass is 560 g/mol. The number of amides is 1. The van der Waals surface area contributed by atoms with Gasteiger partial charge < -0.3 is 15.0 Å². The molecule has 1 amide bonds. The maximum atomic E-state index is 14.8. The van der Waals surface area contributed by atoms with Gasteiger partial charge in [-0.3, -0.25) is 14.4 Å². The lowest BCUT2D eigenvalue weighted by molar-refractivity contribution is -0.121. The van der Waals surface area contributed by atoms with Crippen LogP contribution in [0.5, 0.6) is 5.75 Å². The number of rotatable bonds is 5. The van der Waals surface area contributed by atoms with Crippen molar-refractivity contribution in [2.24, 2.45) is 5.92 Å². The Labute approximate surface area is 242 Å². The van der Waals surface area contributed by atoms with Gasteiger partial charge in [-0.1, -0.05) is 72.3 Å². The molecule has 4 atom stereocenters. The van der Waals surface area contributed by atoms with Crippen LogP contribution in [0.3, 0.4) is 0 Å². The standard InChI is InChI=1S/C34H25ClN2O4/c1-41-24-15-11-21(12-16-24)31(38)29-30(32(39)20-7-3-2-4-8-20)37-27-17-14-23(35)19-22(27)13-18-28(37)34(29)25-9-5-6-10-26(25)36-33(34)40/h2-19,28-30H,1H3,(H,36,40)/t28-,29+,30-,34-/m1/s1. The number of anilines is 2. The third-order valence-electron chi connectivity index (χ3n) is 8.58. The second kappa shape index (κ2) is 9.46. The number of carbonyl (C=O) groups excluding carboxylic acids is 3. The van der Waals surface area contributed by atoms with Crippen LogP contribution in [0, 0.1) is 5.92 Å². The van der Waals surface area contributed by atoms with Gasteiger partial charge in [-0.15, -0.1) is 0 Å². The summed E-state index contributed by atoms with van der Waals surface area (Å²) in [6.07, 6.45) is 3.87. The first kappa shape index (κ1) is 25.3. The highest BCUT2D eigenvalue weighted by molar-refractivity contribution is 6.31. The van der Waals surface area contributed by atoms with Crippen molar-refractivity contribution in [3.8, 4) is 5.75 Å². The van der Waals surface area contributed by atoms with Gasteiger partial charge in [0.25, 0.3) is 0 Å². The summed E-state index contributed by atoms with van der Waals surface area (Å²) >= 11 is 6.36. The summed E-state index contributed by atoms with van der Waals surface area (Å²) in [4.78, 5) is 45.7. The molecule has 0 aromatic heterocycles. The summed E-state index contributed by atoms with van der Waals surface area (Å²) in [7, 11) is 1.56. The Bertz CT molecular complexity index is 1750. The quantitative estimate of drug-likeness (QED) is 0.294. The SMILES string of the molecule is COc1ccc(C(=O)[C@@H]2[C@H](C(=O)c3ccccc3)N3c4ccc(Cl)cc4C=C[C@@H]3[C@@]23C(=O)Nc2ccccc23)cc1. The van der Waals surface area contributed by atoms with Crippen LogP contribution in [-0.2, 0) is 10.2 Å². The fourth-order valence-corrected chi connectivity index (χ4v) is 7.04. The number of ether oxygens (including phenoxy) is 1. The van der Waals surface area contributed by atoms with E-state index >= 15 is 0 Å². The van der Waals surface area contributed by atoms with Crippen LogP contribution in [0.1, 0.15) is 31.8 Å². The average Bonchev–Trinajstić information content (AvgIpc) is 3.49. The minimum Gasteiger partial charge on any atom is -0.497 e. The largest absolute Gasteiger partial charge is 0.497 e. The molecule has 3 aliphatic rings.